The minimum atomic E-state index is -0.267. The molecule has 1 aromatic rings. The number of methoxy groups -OCH3 is 1. The average molecular weight is 290 g/mol. The first-order valence-electron chi connectivity index (χ1n) is 7.74. The lowest BCUT2D eigenvalue weighted by molar-refractivity contribution is 0.0601. The topological polar surface area (TPSA) is 55.6 Å². The van der Waals surface area contributed by atoms with Gasteiger partial charge in [0.1, 0.15) is 0 Å². The Morgan fingerprint density at radius 2 is 2.00 bits per heavy atom. The third-order valence-electron chi connectivity index (χ3n) is 4.24. The lowest BCUT2D eigenvalue weighted by Gasteiger charge is -2.22. The molecule has 2 rings (SSSR count). The molecule has 1 atom stereocenters. The summed E-state index contributed by atoms with van der Waals surface area (Å²) in [6.07, 6.45) is 3.19. The molecule has 1 heterocycles. The molecule has 0 amide bonds. The van der Waals surface area contributed by atoms with Crippen LogP contribution in [0.2, 0.25) is 0 Å². The SMILES string of the molecule is COC(=O)c1ccc(CC(N)C(C)C)cc1N1CCCC1. The molecule has 0 bridgehead atoms. The number of hydrogen-bond donors (Lipinski definition) is 1. The van der Waals surface area contributed by atoms with Crippen molar-refractivity contribution < 1.29 is 9.53 Å². The standard InChI is InChI=1S/C17H26N2O2/c1-12(2)15(18)10-13-6-7-14(17(20)21-3)16(11-13)19-8-4-5-9-19/h6-7,11-12,15H,4-5,8-10,18H2,1-3H3. The Morgan fingerprint density at radius 3 is 2.57 bits per heavy atom. The maximum absolute atomic E-state index is 12.0. The number of carbonyl (C=O) groups excluding carboxylic acids is 1. The molecule has 4 heteroatoms. The highest BCUT2D eigenvalue weighted by Crippen LogP contribution is 2.27. The van der Waals surface area contributed by atoms with Crippen molar-refractivity contribution in [2.24, 2.45) is 11.7 Å². The van der Waals surface area contributed by atoms with Gasteiger partial charge >= 0.3 is 5.97 Å². The van der Waals surface area contributed by atoms with Crippen molar-refractivity contribution in [2.45, 2.75) is 39.2 Å². The van der Waals surface area contributed by atoms with Crippen molar-refractivity contribution in [3.63, 3.8) is 0 Å². The van der Waals surface area contributed by atoms with Gasteiger partial charge in [-0.05, 0) is 42.9 Å². The van der Waals surface area contributed by atoms with E-state index in [1.807, 2.05) is 12.1 Å². The fourth-order valence-corrected chi connectivity index (χ4v) is 2.71. The second-order valence-corrected chi connectivity index (χ2v) is 6.15. The van der Waals surface area contributed by atoms with E-state index in [-0.39, 0.29) is 12.0 Å². The van der Waals surface area contributed by atoms with Gasteiger partial charge in [0, 0.05) is 19.1 Å². The van der Waals surface area contributed by atoms with Crippen molar-refractivity contribution in [3.05, 3.63) is 29.3 Å². The Hall–Kier alpha value is -1.55. The molecule has 1 unspecified atom stereocenters. The summed E-state index contributed by atoms with van der Waals surface area (Å²) in [5.74, 6) is 0.178. The molecule has 0 radical (unpaired) electrons. The molecule has 0 spiro atoms. The predicted molar refractivity (Wildman–Crippen MR) is 85.7 cm³/mol. The van der Waals surface area contributed by atoms with Gasteiger partial charge in [0.05, 0.1) is 18.4 Å². The summed E-state index contributed by atoms with van der Waals surface area (Å²) in [7, 11) is 1.43. The van der Waals surface area contributed by atoms with Crippen LogP contribution in [0.1, 0.15) is 42.6 Å². The number of ether oxygens (including phenoxy) is 1. The highest BCUT2D eigenvalue weighted by Gasteiger charge is 2.21. The van der Waals surface area contributed by atoms with Crippen LogP contribution in [0.25, 0.3) is 0 Å². The van der Waals surface area contributed by atoms with Crippen LogP contribution in [0.15, 0.2) is 18.2 Å². The van der Waals surface area contributed by atoms with Crippen molar-refractivity contribution in [1.82, 2.24) is 0 Å². The Morgan fingerprint density at radius 1 is 1.33 bits per heavy atom. The van der Waals surface area contributed by atoms with Gasteiger partial charge in [0.15, 0.2) is 0 Å². The maximum Gasteiger partial charge on any atom is 0.339 e. The molecule has 2 N–H and O–H groups in total. The molecule has 0 aromatic heterocycles. The maximum atomic E-state index is 12.0. The van der Waals surface area contributed by atoms with Crippen LogP contribution in [-0.4, -0.2) is 32.2 Å². The quantitative estimate of drug-likeness (QED) is 0.847. The van der Waals surface area contributed by atoms with E-state index in [2.05, 4.69) is 24.8 Å². The van der Waals surface area contributed by atoms with Gasteiger partial charge in [0.25, 0.3) is 0 Å². The monoisotopic (exact) mass is 290 g/mol. The van der Waals surface area contributed by atoms with Crippen LogP contribution in [0, 0.1) is 5.92 Å². The fourth-order valence-electron chi connectivity index (χ4n) is 2.71. The second kappa shape index (κ2) is 6.94. The molecule has 1 aromatic carbocycles. The summed E-state index contributed by atoms with van der Waals surface area (Å²) in [4.78, 5) is 14.2. The number of nitrogens with zero attached hydrogens (tertiary/aromatic N) is 1. The van der Waals surface area contributed by atoms with Crippen molar-refractivity contribution >= 4 is 11.7 Å². The van der Waals surface area contributed by atoms with Crippen molar-refractivity contribution in [2.75, 3.05) is 25.1 Å². The minimum absolute atomic E-state index is 0.139. The van der Waals surface area contributed by atoms with Crippen LogP contribution in [0.4, 0.5) is 5.69 Å². The molecule has 1 saturated heterocycles. The number of nitrogens with two attached hydrogens (primary N) is 1. The fraction of sp³-hybridized carbons (Fsp3) is 0.588. The number of hydrogen-bond acceptors (Lipinski definition) is 4. The molecule has 1 aliphatic heterocycles. The van der Waals surface area contributed by atoms with Gasteiger partial charge in [-0.1, -0.05) is 19.9 Å². The predicted octanol–water partition coefficient (Wildman–Crippen LogP) is 2.60. The van der Waals surface area contributed by atoms with E-state index >= 15 is 0 Å². The van der Waals surface area contributed by atoms with Crippen LogP contribution in [0.5, 0.6) is 0 Å². The Bertz CT molecular complexity index is 494. The van der Waals surface area contributed by atoms with Crippen LogP contribution in [0.3, 0.4) is 0 Å². The van der Waals surface area contributed by atoms with E-state index in [1.165, 1.54) is 25.5 Å². The lowest BCUT2D eigenvalue weighted by Crippen LogP contribution is -2.29. The first-order valence-corrected chi connectivity index (χ1v) is 7.74. The minimum Gasteiger partial charge on any atom is -0.465 e. The van der Waals surface area contributed by atoms with Gasteiger partial charge in [-0.3, -0.25) is 0 Å². The van der Waals surface area contributed by atoms with Crippen LogP contribution >= 0.6 is 0 Å². The summed E-state index contributed by atoms with van der Waals surface area (Å²) in [5.41, 5.74) is 9.00. The van der Waals surface area contributed by atoms with Crippen LogP contribution < -0.4 is 10.6 Å². The van der Waals surface area contributed by atoms with Crippen LogP contribution in [-0.2, 0) is 11.2 Å². The Kier molecular flexibility index (Phi) is 5.23. The zero-order valence-corrected chi connectivity index (χ0v) is 13.3. The van der Waals surface area contributed by atoms with E-state index in [0.717, 1.165) is 25.2 Å². The number of carbonyl (C=O) groups is 1. The smallest absolute Gasteiger partial charge is 0.339 e. The zero-order valence-electron chi connectivity index (χ0n) is 13.3. The van der Waals surface area contributed by atoms with E-state index in [1.54, 1.807) is 0 Å². The number of rotatable bonds is 5. The molecule has 0 aliphatic carbocycles. The van der Waals surface area contributed by atoms with Gasteiger partial charge in [0.2, 0.25) is 0 Å². The lowest BCUT2D eigenvalue weighted by atomic mass is 9.96. The molecule has 1 aliphatic rings. The van der Waals surface area contributed by atoms with E-state index in [9.17, 15) is 4.79 Å². The molecule has 21 heavy (non-hydrogen) atoms. The first-order chi connectivity index (χ1) is 10.0. The molecular weight excluding hydrogens is 264 g/mol. The molecule has 4 nitrogen and oxygen atoms in total. The molecule has 1 fully saturated rings. The van der Waals surface area contributed by atoms with E-state index in [0.29, 0.717) is 11.5 Å². The second-order valence-electron chi connectivity index (χ2n) is 6.15. The van der Waals surface area contributed by atoms with Gasteiger partial charge in [-0.25, -0.2) is 4.79 Å². The molecular formula is C17H26N2O2. The number of benzene rings is 1. The highest BCUT2D eigenvalue weighted by molar-refractivity contribution is 5.96. The largest absolute Gasteiger partial charge is 0.465 e. The Balaban J connectivity index is 2.29. The normalized spacial score (nSPS) is 16.3. The van der Waals surface area contributed by atoms with Crippen molar-refractivity contribution in [3.8, 4) is 0 Å². The summed E-state index contributed by atoms with van der Waals surface area (Å²) < 4.78 is 4.91. The van der Waals surface area contributed by atoms with Crippen molar-refractivity contribution in [1.29, 1.82) is 0 Å². The van der Waals surface area contributed by atoms with E-state index < -0.39 is 0 Å². The van der Waals surface area contributed by atoms with Gasteiger partial charge in [-0.15, -0.1) is 0 Å². The third-order valence-corrected chi connectivity index (χ3v) is 4.24. The number of esters is 1. The third kappa shape index (κ3) is 3.76. The summed E-state index contributed by atoms with van der Waals surface area (Å²) in [6.45, 7) is 6.27. The highest BCUT2D eigenvalue weighted by atomic mass is 16.5. The van der Waals surface area contributed by atoms with Gasteiger partial charge < -0.3 is 15.4 Å². The Labute approximate surface area is 127 Å². The zero-order chi connectivity index (χ0) is 15.4. The molecule has 116 valence electrons. The first kappa shape index (κ1) is 15.8. The number of anilines is 1. The average Bonchev–Trinajstić information content (AvgIpc) is 3.00. The van der Waals surface area contributed by atoms with Gasteiger partial charge in [-0.2, -0.15) is 0 Å². The summed E-state index contributed by atoms with van der Waals surface area (Å²) >= 11 is 0. The molecule has 0 saturated carbocycles. The summed E-state index contributed by atoms with van der Waals surface area (Å²) in [6, 6.07) is 6.12. The summed E-state index contributed by atoms with van der Waals surface area (Å²) in [5, 5.41) is 0. The van der Waals surface area contributed by atoms with E-state index in [4.69, 9.17) is 10.5 Å².